The summed E-state index contributed by atoms with van der Waals surface area (Å²) < 4.78 is 19.8. The number of oxazole rings is 1. The molecule has 1 saturated heterocycles. The number of carboxylic acid groups (broad SMARTS) is 1. The highest BCUT2D eigenvalue weighted by Crippen LogP contribution is 2.37. The standard InChI is InChI=1S/C29H30N4O7S/c1-17-22-25(34)33(29(2,3)27(35)36)28(37)32(26(22)41-23(17)24-31-11-14-39-24)16-21(40-19-9-12-38-13-10-19)20-8-6-5-7-18(20)15-30-4/h5-8,11,14,19,21H,9-10,12-13,15-16H2,1-3H3,(H,35,36)/t21-/m1/s1. The largest absolute Gasteiger partial charge is 0.480 e. The van der Waals surface area contributed by atoms with Gasteiger partial charge >= 0.3 is 11.7 Å². The first-order valence-electron chi connectivity index (χ1n) is 13.2. The first-order chi connectivity index (χ1) is 19.6. The Morgan fingerprint density at radius 3 is 2.68 bits per heavy atom. The SMILES string of the molecule is [C-]#[N+]Cc1ccccc1[C@@H](Cn1c(=O)n(C(C)(C)C(=O)O)c(=O)c2c(C)c(-c3ncco3)sc21)OC1CCOCC1. The van der Waals surface area contributed by atoms with Crippen LogP contribution < -0.4 is 11.2 Å². The number of fused-ring (bicyclic) bond motifs is 1. The number of hydrogen-bond acceptors (Lipinski definition) is 8. The van der Waals surface area contributed by atoms with Crippen LogP contribution in [-0.4, -0.2) is 44.5 Å². The smallest absolute Gasteiger partial charge is 0.333 e. The van der Waals surface area contributed by atoms with Crippen LogP contribution in [0.25, 0.3) is 25.8 Å². The summed E-state index contributed by atoms with van der Waals surface area (Å²) in [7, 11) is 0. The van der Waals surface area contributed by atoms with E-state index in [0.29, 0.717) is 47.2 Å². The number of ether oxygens (including phenoxy) is 2. The molecular weight excluding hydrogens is 548 g/mol. The van der Waals surface area contributed by atoms with Crippen LogP contribution in [0.5, 0.6) is 0 Å². The van der Waals surface area contributed by atoms with Crippen LogP contribution >= 0.6 is 11.3 Å². The van der Waals surface area contributed by atoms with Crippen LogP contribution in [0.15, 0.2) is 50.7 Å². The van der Waals surface area contributed by atoms with Gasteiger partial charge < -0.3 is 23.8 Å². The van der Waals surface area contributed by atoms with Gasteiger partial charge in [0.2, 0.25) is 12.4 Å². The van der Waals surface area contributed by atoms with Gasteiger partial charge in [-0.25, -0.2) is 25.7 Å². The number of carbonyl (C=O) groups is 1. The summed E-state index contributed by atoms with van der Waals surface area (Å²) >= 11 is 1.18. The van der Waals surface area contributed by atoms with Gasteiger partial charge in [0.15, 0.2) is 0 Å². The molecule has 12 heteroatoms. The zero-order valence-electron chi connectivity index (χ0n) is 23.0. The van der Waals surface area contributed by atoms with Crippen LogP contribution in [0.2, 0.25) is 0 Å². The van der Waals surface area contributed by atoms with Crippen molar-refractivity contribution in [2.75, 3.05) is 13.2 Å². The minimum absolute atomic E-state index is 0.0113. The molecule has 0 amide bonds. The van der Waals surface area contributed by atoms with Crippen molar-refractivity contribution in [3.63, 3.8) is 0 Å². The Balaban J connectivity index is 1.76. The van der Waals surface area contributed by atoms with Crippen molar-refractivity contribution in [3.05, 3.63) is 85.7 Å². The van der Waals surface area contributed by atoms with Gasteiger partial charge in [-0.1, -0.05) is 24.3 Å². The van der Waals surface area contributed by atoms with E-state index in [0.717, 1.165) is 15.7 Å². The highest BCUT2D eigenvalue weighted by Gasteiger charge is 2.36. The van der Waals surface area contributed by atoms with Gasteiger partial charge in [-0.05, 0) is 44.7 Å². The van der Waals surface area contributed by atoms with Crippen LogP contribution in [0, 0.1) is 13.5 Å². The third kappa shape index (κ3) is 5.24. The second kappa shape index (κ2) is 11.4. The van der Waals surface area contributed by atoms with Gasteiger partial charge in [0.05, 0.1) is 29.1 Å². The Hall–Kier alpha value is -4.05. The van der Waals surface area contributed by atoms with Gasteiger partial charge in [0.25, 0.3) is 5.56 Å². The number of hydrogen-bond donors (Lipinski definition) is 1. The normalized spacial score (nSPS) is 15.2. The molecule has 214 valence electrons. The Morgan fingerprint density at radius 1 is 1.29 bits per heavy atom. The molecule has 0 unspecified atom stereocenters. The number of carboxylic acids is 1. The van der Waals surface area contributed by atoms with Crippen molar-refractivity contribution < 1.29 is 23.8 Å². The fourth-order valence-corrected chi connectivity index (χ4v) is 6.38. The molecule has 0 aliphatic carbocycles. The van der Waals surface area contributed by atoms with Crippen molar-refractivity contribution in [3.8, 4) is 10.8 Å². The van der Waals surface area contributed by atoms with Crippen LogP contribution in [0.3, 0.4) is 0 Å². The average molecular weight is 579 g/mol. The molecule has 11 nitrogen and oxygen atoms in total. The maximum Gasteiger partial charge on any atom is 0.333 e. The van der Waals surface area contributed by atoms with Crippen molar-refractivity contribution >= 4 is 27.5 Å². The van der Waals surface area contributed by atoms with Crippen molar-refractivity contribution in [2.45, 2.75) is 64.4 Å². The molecule has 5 rings (SSSR count). The maximum atomic E-state index is 14.1. The predicted octanol–water partition coefficient (Wildman–Crippen LogP) is 4.36. The van der Waals surface area contributed by atoms with Gasteiger partial charge in [-0.3, -0.25) is 9.36 Å². The summed E-state index contributed by atoms with van der Waals surface area (Å²) in [5, 5.41) is 10.2. The lowest BCUT2D eigenvalue weighted by molar-refractivity contribution is -0.146. The Labute approximate surface area is 239 Å². The van der Waals surface area contributed by atoms with E-state index in [1.165, 1.54) is 42.2 Å². The topological polar surface area (TPSA) is 130 Å². The number of nitrogens with zero attached hydrogens (tertiary/aromatic N) is 4. The number of aromatic nitrogens is 3. The summed E-state index contributed by atoms with van der Waals surface area (Å²) in [5.74, 6) is -1.02. The number of aryl methyl sites for hydroxylation is 1. The molecule has 1 fully saturated rings. The second-order valence-electron chi connectivity index (χ2n) is 10.4. The molecule has 0 radical (unpaired) electrons. The zero-order valence-corrected chi connectivity index (χ0v) is 23.8. The molecule has 1 aliphatic rings. The molecule has 0 saturated carbocycles. The van der Waals surface area contributed by atoms with E-state index >= 15 is 0 Å². The molecule has 1 aliphatic heterocycles. The molecular formula is C29H30N4O7S. The lowest BCUT2D eigenvalue weighted by Gasteiger charge is -2.30. The second-order valence-corrected chi connectivity index (χ2v) is 11.4. The van der Waals surface area contributed by atoms with Gasteiger partial charge in [-0.2, -0.15) is 0 Å². The van der Waals surface area contributed by atoms with E-state index in [-0.39, 0.29) is 24.6 Å². The molecule has 1 atom stereocenters. The van der Waals surface area contributed by atoms with E-state index in [2.05, 4.69) is 9.83 Å². The lowest BCUT2D eigenvalue weighted by atomic mass is 10.0. The Morgan fingerprint density at radius 2 is 2.02 bits per heavy atom. The van der Waals surface area contributed by atoms with E-state index < -0.39 is 28.9 Å². The number of thiophene rings is 1. The van der Waals surface area contributed by atoms with Crippen molar-refractivity contribution in [1.82, 2.24) is 14.1 Å². The van der Waals surface area contributed by atoms with Gasteiger partial charge in [0.1, 0.15) is 22.7 Å². The highest BCUT2D eigenvalue weighted by atomic mass is 32.1. The molecule has 3 aromatic heterocycles. The molecule has 1 aromatic carbocycles. The fourth-order valence-electron chi connectivity index (χ4n) is 5.14. The predicted molar refractivity (Wildman–Crippen MR) is 152 cm³/mol. The summed E-state index contributed by atoms with van der Waals surface area (Å²) in [6.45, 7) is 13.1. The van der Waals surface area contributed by atoms with E-state index in [9.17, 15) is 19.5 Å². The molecule has 0 spiro atoms. The maximum absolute atomic E-state index is 14.1. The fraction of sp³-hybridized carbons (Fsp3) is 0.414. The molecule has 41 heavy (non-hydrogen) atoms. The van der Waals surface area contributed by atoms with Crippen LogP contribution in [0.1, 0.15) is 49.5 Å². The molecule has 4 aromatic rings. The lowest BCUT2D eigenvalue weighted by Crippen LogP contribution is -2.52. The number of benzene rings is 1. The summed E-state index contributed by atoms with van der Waals surface area (Å²) in [5.41, 5.74) is -1.23. The minimum Gasteiger partial charge on any atom is -0.480 e. The minimum atomic E-state index is -1.83. The molecule has 1 N–H and O–H groups in total. The van der Waals surface area contributed by atoms with E-state index in [1.54, 1.807) is 6.92 Å². The highest BCUT2D eigenvalue weighted by molar-refractivity contribution is 7.22. The van der Waals surface area contributed by atoms with E-state index in [1.807, 2.05) is 24.3 Å². The summed E-state index contributed by atoms with van der Waals surface area (Å²) in [6, 6.07) is 7.44. The monoisotopic (exact) mass is 578 g/mol. The first-order valence-corrected chi connectivity index (χ1v) is 14.0. The zero-order chi connectivity index (χ0) is 29.3. The third-order valence-electron chi connectivity index (χ3n) is 7.45. The number of aliphatic carboxylic acids is 1. The third-order valence-corrected chi connectivity index (χ3v) is 8.75. The summed E-state index contributed by atoms with van der Waals surface area (Å²) in [4.78, 5) is 49.0. The molecule has 0 bridgehead atoms. The van der Waals surface area contributed by atoms with Crippen LogP contribution in [0.4, 0.5) is 0 Å². The Kier molecular flexibility index (Phi) is 7.95. The van der Waals surface area contributed by atoms with Crippen molar-refractivity contribution in [2.24, 2.45) is 0 Å². The quantitative estimate of drug-likeness (QED) is 0.290. The molecule has 4 heterocycles. The van der Waals surface area contributed by atoms with Crippen molar-refractivity contribution in [1.29, 1.82) is 0 Å². The van der Waals surface area contributed by atoms with E-state index in [4.69, 9.17) is 20.5 Å². The average Bonchev–Trinajstić information content (AvgIpc) is 3.59. The summed E-state index contributed by atoms with van der Waals surface area (Å²) in [6.07, 6.45) is 3.44. The Bertz CT molecular complexity index is 1740. The van der Waals surface area contributed by atoms with Gasteiger partial charge in [0, 0.05) is 18.8 Å². The first kappa shape index (κ1) is 28.5. The van der Waals surface area contributed by atoms with Gasteiger partial charge in [-0.15, -0.1) is 11.3 Å². The van der Waals surface area contributed by atoms with Crippen LogP contribution in [-0.2, 0) is 32.9 Å². The number of rotatable bonds is 9.